The lowest BCUT2D eigenvalue weighted by Gasteiger charge is -2.24. The second kappa shape index (κ2) is 5.60. The van der Waals surface area contributed by atoms with E-state index in [1.165, 1.54) is 0 Å². The van der Waals surface area contributed by atoms with Gasteiger partial charge in [-0.25, -0.2) is 4.98 Å². The number of carbonyl (C=O) groups is 1. The van der Waals surface area contributed by atoms with Crippen molar-refractivity contribution in [3.63, 3.8) is 0 Å². The average molecular weight is 298 g/mol. The zero-order chi connectivity index (χ0) is 12.3. The fraction of sp³-hybridized carbons (Fsp3) is 0.500. The Bertz CT molecular complexity index is 410. The first-order chi connectivity index (χ1) is 8.24. The summed E-state index contributed by atoms with van der Waals surface area (Å²) < 4.78 is 0.764. The molecule has 17 heavy (non-hydrogen) atoms. The minimum absolute atomic E-state index is 0.0234. The molecule has 0 bridgehead atoms. The molecule has 0 spiro atoms. The zero-order valence-corrected chi connectivity index (χ0v) is 11.4. The Morgan fingerprint density at radius 3 is 3.24 bits per heavy atom. The van der Waals surface area contributed by atoms with Crippen molar-refractivity contribution < 1.29 is 4.79 Å². The highest BCUT2D eigenvalue weighted by Crippen LogP contribution is 2.22. The summed E-state index contributed by atoms with van der Waals surface area (Å²) >= 11 is 3.38. The van der Waals surface area contributed by atoms with Crippen LogP contribution in [0.4, 0.5) is 0 Å². The average Bonchev–Trinajstić information content (AvgIpc) is 2.78. The minimum Gasteiger partial charge on any atom is -0.333 e. The molecule has 1 saturated heterocycles. The molecule has 0 aliphatic carbocycles. The maximum atomic E-state index is 12.4. The summed E-state index contributed by atoms with van der Waals surface area (Å²) in [5.74, 6) is 0.0234. The van der Waals surface area contributed by atoms with Crippen LogP contribution in [0.1, 0.15) is 23.3 Å². The highest BCUT2D eigenvalue weighted by atomic mass is 79.9. The maximum Gasteiger partial charge on any atom is 0.273 e. The van der Waals surface area contributed by atoms with Crippen molar-refractivity contribution in [2.45, 2.75) is 18.9 Å². The number of nitrogens with one attached hydrogen (secondary N) is 1. The Hall–Kier alpha value is -0.940. The molecule has 2 rings (SSSR count). The summed E-state index contributed by atoms with van der Waals surface area (Å²) in [6, 6.07) is 3.96. The second-order valence-electron chi connectivity index (χ2n) is 4.19. The van der Waals surface area contributed by atoms with Gasteiger partial charge < -0.3 is 10.2 Å². The van der Waals surface area contributed by atoms with E-state index < -0.39 is 0 Å². The second-order valence-corrected chi connectivity index (χ2v) is 5.04. The summed E-state index contributed by atoms with van der Waals surface area (Å²) in [6.07, 6.45) is 3.79. The molecule has 1 aromatic heterocycles. The fourth-order valence-electron chi connectivity index (χ4n) is 2.23. The van der Waals surface area contributed by atoms with Gasteiger partial charge in [0.2, 0.25) is 0 Å². The Balaban J connectivity index is 2.17. The number of nitrogens with zero attached hydrogens (tertiary/aromatic N) is 2. The lowest BCUT2D eigenvalue weighted by Crippen LogP contribution is -2.41. The first kappa shape index (κ1) is 12.5. The summed E-state index contributed by atoms with van der Waals surface area (Å²) in [7, 11) is 1.91. The molecule has 1 aliphatic heterocycles. The van der Waals surface area contributed by atoms with E-state index in [2.05, 4.69) is 26.2 Å². The lowest BCUT2D eigenvalue weighted by molar-refractivity contribution is 0.0730. The van der Waals surface area contributed by atoms with Crippen LogP contribution in [0.5, 0.6) is 0 Å². The van der Waals surface area contributed by atoms with Gasteiger partial charge in [0, 0.05) is 29.8 Å². The molecule has 1 aromatic rings. The number of halogens is 1. The number of carbonyl (C=O) groups excluding carboxylic acids is 1. The largest absolute Gasteiger partial charge is 0.333 e. The third kappa shape index (κ3) is 2.66. The number of pyridine rings is 1. The van der Waals surface area contributed by atoms with E-state index in [4.69, 9.17) is 0 Å². The van der Waals surface area contributed by atoms with Gasteiger partial charge in [0.15, 0.2) is 0 Å². The van der Waals surface area contributed by atoms with Crippen molar-refractivity contribution in [1.82, 2.24) is 15.2 Å². The Kier molecular flexibility index (Phi) is 4.12. The number of aromatic nitrogens is 1. The topological polar surface area (TPSA) is 45.2 Å². The number of hydrogen-bond acceptors (Lipinski definition) is 3. The fourth-order valence-corrected chi connectivity index (χ4v) is 2.65. The molecule has 1 amide bonds. The van der Waals surface area contributed by atoms with Crippen LogP contribution in [0.3, 0.4) is 0 Å². The van der Waals surface area contributed by atoms with Gasteiger partial charge in [-0.2, -0.15) is 0 Å². The molecular formula is C12H16BrN3O. The Morgan fingerprint density at radius 2 is 2.53 bits per heavy atom. The van der Waals surface area contributed by atoms with Crippen molar-refractivity contribution >= 4 is 21.8 Å². The Labute approximate surface area is 110 Å². The Morgan fingerprint density at radius 1 is 1.71 bits per heavy atom. The standard InChI is InChI=1S/C12H16BrN3O/c1-14-8-9-4-3-7-16(9)12(17)11-10(13)5-2-6-15-11/h2,5-6,9,14H,3-4,7-8H2,1H3. The van der Waals surface area contributed by atoms with Gasteiger partial charge >= 0.3 is 0 Å². The molecular weight excluding hydrogens is 282 g/mol. The van der Waals surface area contributed by atoms with Gasteiger partial charge in [-0.15, -0.1) is 0 Å². The van der Waals surface area contributed by atoms with Crippen LogP contribution in [-0.2, 0) is 0 Å². The normalized spacial score (nSPS) is 19.6. The summed E-state index contributed by atoms with van der Waals surface area (Å²) in [6.45, 7) is 1.67. The quantitative estimate of drug-likeness (QED) is 0.923. The van der Waals surface area contributed by atoms with Gasteiger partial charge in [-0.3, -0.25) is 4.79 Å². The summed E-state index contributed by atoms with van der Waals surface area (Å²) in [5.41, 5.74) is 0.510. The molecule has 0 aromatic carbocycles. The first-order valence-electron chi connectivity index (χ1n) is 5.80. The third-order valence-corrected chi connectivity index (χ3v) is 3.68. The molecule has 1 fully saturated rings. The van der Waals surface area contributed by atoms with Gasteiger partial charge in [0.25, 0.3) is 5.91 Å². The molecule has 0 saturated carbocycles. The summed E-state index contributed by atoms with van der Waals surface area (Å²) in [4.78, 5) is 18.4. The number of likely N-dealkylation sites (tertiary alicyclic amines) is 1. The van der Waals surface area contributed by atoms with Crippen molar-refractivity contribution in [3.05, 3.63) is 28.5 Å². The zero-order valence-electron chi connectivity index (χ0n) is 9.82. The van der Waals surface area contributed by atoms with Crippen LogP contribution >= 0.6 is 15.9 Å². The highest BCUT2D eigenvalue weighted by molar-refractivity contribution is 9.10. The van der Waals surface area contributed by atoms with Crippen LogP contribution in [0, 0.1) is 0 Å². The van der Waals surface area contributed by atoms with Crippen molar-refractivity contribution in [2.75, 3.05) is 20.1 Å². The lowest BCUT2D eigenvalue weighted by atomic mass is 10.2. The number of hydrogen-bond donors (Lipinski definition) is 1. The van der Waals surface area contributed by atoms with E-state index in [9.17, 15) is 4.79 Å². The van der Waals surface area contributed by atoms with E-state index in [0.29, 0.717) is 11.7 Å². The van der Waals surface area contributed by atoms with Crippen LogP contribution in [-0.4, -0.2) is 42.0 Å². The molecule has 0 radical (unpaired) electrons. The third-order valence-electron chi connectivity index (χ3n) is 3.04. The van der Waals surface area contributed by atoms with Crippen LogP contribution in [0.2, 0.25) is 0 Å². The summed E-state index contributed by atoms with van der Waals surface area (Å²) in [5, 5.41) is 3.13. The molecule has 1 N–H and O–H groups in total. The van der Waals surface area contributed by atoms with Gasteiger partial charge in [0.1, 0.15) is 5.69 Å². The molecule has 1 atom stereocenters. The minimum atomic E-state index is 0.0234. The van der Waals surface area contributed by atoms with Crippen molar-refractivity contribution in [3.8, 4) is 0 Å². The van der Waals surface area contributed by atoms with Crippen molar-refractivity contribution in [1.29, 1.82) is 0 Å². The molecule has 4 nitrogen and oxygen atoms in total. The molecule has 2 heterocycles. The number of rotatable bonds is 3. The molecule has 1 aliphatic rings. The van der Waals surface area contributed by atoms with Gasteiger partial charge in [-0.05, 0) is 48.0 Å². The SMILES string of the molecule is CNCC1CCCN1C(=O)c1ncccc1Br. The number of amides is 1. The molecule has 92 valence electrons. The molecule has 5 heteroatoms. The molecule has 1 unspecified atom stereocenters. The smallest absolute Gasteiger partial charge is 0.273 e. The van der Waals surface area contributed by atoms with Crippen LogP contribution in [0.25, 0.3) is 0 Å². The number of likely N-dealkylation sites (N-methyl/N-ethyl adjacent to an activating group) is 1. The van der Waals surface area contributed by atoms with E-state index in [-0.39, 0.29) is 5.91 Å². The van der Waals surface area contributed by atoms with E-state index in [1.807, 2.05) is 24.1 Å². The highest BCUT2D eigenvalue weighted by Gasteiger charge is 2.30. The van der Waals surface area contributed by atoms with Crippen LogP contribution in [0.15, 0.2) is 22.8 Å². The van der Waals surface area contributed by atoms with Crippen LogP contribution < -0.4 is 5.32 Å². The predicted octanol–water partition coefficient (Wildman–Crippen LogP) is 1.67. The van der Waals surface area contributed by atoms with E-state index >= 15 is 0 Å². The van der Waals surface area contributed by atoms with E-state index in [0.717, 1.165) is 30.4 Å². The van der Waals surface area contributed by atoms with E-state index in [1.54, 1.807) is 6.20 Å². The monoisotopic (exact) mass is 297 g/mol. The maximum absolute atomic E-state index is 12.4. The first-order valence-corrected chi connectivity index (χ1v) is 6.59. The van der Waals surface area contributed by atoms with Gasteiger partial charge in [0.05, 0.1) is 0 Å². The van der Waals surface area contributed by atoms with Gasteiger partial charge in [-0.1, -0.05) is 0 Å². The predicted molar refractivity (Wildman–Crippen MR) is 69.9 cm³/mol. The van der Waals surface area contributed by atoms with Crippen molar-refractivity contribution in [2.24, 2.45) is 0 Å².